The Morgan fingerprint density at radius 3 is 1.26 bits per heavy atom. The molecule has 0 bridgehead atoms. The summed E-state index contributed by atoms with van der Waals surface area (Å²) in [7, 11) is 6.35. The van der Waals surface area contributed by atoms with Crippen LogP contribution in [0.1, 0.15) is 90.6 Å². The molecule has 21 heteroatoms. The molecule has 7 atom stereocenters. The summed E-state index contributed by atoms with van der Waals surface area (Å²) in [5.74, 6) is 2.45. The number of H-pyrrole nitrogens is 2. The molecule has 19 nitrogen and oxygen atoms in total. The number of rotatable bonds is 23. The number of aryl methyl sites for hydroxylation is 2. The Morgan fingerprint density at radius 2 is 0.875 bits per heavy atom. The molecule has 10 rings (SSSR count). The van der Waals surface area contributed by atoms with Crippen LogP contribution >= 0.6 is 6.49 Å². The molecule has 0 spiro atoms. The van der Waals surface area contributed by atoms with Gasteiger partial charge in [-0.1, -0.05) is 130 Å². The molecule has 2 saturated heterocycles. The van der Waals surface area contributed by atoms with Gasteiger partial charge in [-0.05, 0) is 108 Å². The number of benzene rings is 6. The molecule has 0 aliphatic carbocycles. The third-order valence-electron chi connectivity index (χ3n) is 16.0. The number of hydrogen-bond donors (Lipinski definition) is 2. The van der Waals surface area contributed by atoms with Crippen LogP contribution in [0.3, 0.4) is 0 Å². The first-order valence-electron chi connectivity index (χ1n) is 28.7. The number of nitrogens with zero attached hydrogens (tertiary/aromatic N) is 2. The molecule has 2 aliphatic rings. The maximum absolute atomic E-state index is 15.4. The summed E-state index contributed by atoms with van der Waals surface area (Å²) >= 11 is 6.52. The molecule has 4 heterocycles. The minimum atomic E-state index is -4.25. The van der Waals surface area contributed by atoms with E-state index in [0.29, 0.717) is 34.1 Å². The van der Waals surface area contributed by atoms with Crippen LogP contribution in [0.15, 0.2) is 189 Å². The Morgan fingerprint density at radius 1 is 0.523 bits per heavy atom. The lowest BCUT2D eigenvalue weighted by Crippen LogP contribution is -2.41. The number of methoxy groups -OCH3 is 4. The molecule has 2 fully saturated rings. The number of carbonyl (C=O) groups excluding carboxylic acids is 1. The van der Waals surface area contributed by atoms with Gasteiger partial charge >= 0.3 is 11.4 Å². The van der Waals surface area contributed by atoms with Crippen LogP contribution < -0.4 is 41.4 Å². The molecule has 88 heavy (non-hydrogen) atoms. The lowest BCUT2D eigenvalue weighted by molar-refractivity contribution is -0.122. The summed E-state index contributed by atoms with van der Waals surface area (Å²) in [6, 6.07) is 49.3. The van der Waals surface area contributed by atoms with Crippen LogP contribution in [-0.2, 0) is 55.8 Å². The van der Waals surface area contributed by atoms with E-state index in [0.717, 1.165) is 22.3 Å². The fourth-order valence-corrected chi connectivity index (χ4v) is 14.7. The van der Waals surface area contributed by atoms with Gasteiger partial charge in [-0.25, -0.2) is 9.59 Å². The molecule has 0 saturated carbocycles. The Kier molecular flexibility index (Phi) is 18.9. The Bertz CT molecular complexity index is 3930. The molecule has 2 aliphatic heterocycles. The highest BCUT2D eigenvalue weighted by molar-refractivity contribution is 8.17. The fraction of sp³-hybridized carbons (Fsp3) is 0.328. The van der Waals surface area contributed by atoms with Gasteiger partial charge in [-0.2, -0.15) is 0 Å². The molecular weight excluding hydrogens is 1160 g/mol. The van der Waals surface area contributed by atoms with E-state index < -0.39 is 94.6 Å². The van der Waals surface area contributed by atoms with Crippen molar-refractivity contribution in [2.75, 3.05) is 41.7 Å². The van der Waals surface area contributed by atoms with Crippen molar-refractivity contribution >= 4 is 23.8 Å². The third-order valence-corrected chi connectivity index (χ3v) is 19.3. The van der Waals surface area contributed by atoms with Crippen molar-refractivity contribution in [2.45, 2.75) is 95.5 Å². The largest absolute Gasteiger partial charge is 0.497 e. The molecule has 0 radical (unpaired) electrons. The first-order valence-corrected chi connectivity index (χ1v) is 31.3. The first kappa shape index (κ1) is 63.0. The van der Waals surface area contributed by atoms with Crippen molar-refractivity contribution in [1.29, 1.82) is 0 Å². The molecule has 460 valence electrons. The van der Waals surface area contributed by atoms with Crippen molar-refractivity contribution in [3.05, 3.63) is 256 Å². The minimum absolute atomic E-state index is 0.0354. The van der Waals surface area contributed by atoms with Crippen LogP contribution in [0.2, 0.25) is 0 Å². The second-order valence-corrected chi connectivity index (χ2v) is 26.0. The number of carbonyl (C=O) groups is 1. The van der Waals surface area contributed by atoms with Crippen LogP contribution in [0.25, 0.3) is 0 Å². The van der Waals surface area contributed by atoms with Crippen molar-refractivity contribution in [2.24, 2.45) is 5.41 Å². The lowest BCUT2D eigenvalue weighted by atomic mass is 9.79. The average molecular weight is 1240 g/mol. The highest BCUT2D eigenvalue weighted by Crippen LogP contribution is 2.58. The van der Waals surface area contributed by atoms with Crippen LogP contribution in [0.5, 0.6) is 23.0 Å². The molecule has 6 aromatic carbocycles. The topological polar surface area (TPSA) is 219 Å². The first-order chi connectivity index (χ1) is 42.2. The summed E-state index contributed by atoms with van der Waals surface area (Å²) in [6.45, 7) is 3.43. The van der Waals surface area contributed by atoms with Gasteiger partial charge in [-0.3, -0.25) is 33.5 Å². The molecule has 8 aromatic rings. The van der Waals surface area contributed by atoms with Gasteiger partial charge in [0.1, 0.15) is 58.9 Å². The second-order valence-electron chi connectivity index (χ2n) is 22.7. The van der Waals surface area contributed by atoms with Crippen molar-refractivity contribution in [3.8, 4) is 23.0 Å². The summed E-state index contributed by atoms with van der Waals surface area (Å²) in [4.78, 5) is 73.3. The smallest absolute Gasteiger partial charge is 0.330 e. The molecular formula is C67H71N4O15PS. The number of ether oxygens (including phenoxy) is 8. The van der Waals surface area contributed by atoms with Crippen LogP contribution in [-0.4, -0.2) is 90.7 Å². The number of hydrogen-bond acceptors (Lipinski definition) is 16. The summed E-state index contributed by atoms with van der Waals surface area (Å²) < 4.78 is 67.8. The second kappa shape index (κ2) is 26.3. The quantitative estimate of drug-likeness (QED) is 0.0449. The fourth-order valence-electron chi connectivity index (χ4n) is 11.3. The number of aromatic amines is 2. The molecule has 2 aromatic heterocycles. The zero-order valence-electron chi connectivity index (χ0n) is 50.3. The van der Waals surface area contributed by atoms with Gasteiger partial charge < -0.3 is 46.9 Å². The van der Waals surface area contributed by atoms with E-state index in [1.54, 1.807) is 63.1 Å². The predicted molar refractivity (Wildman–Crippen MR) is 334 cm³/mol. The van der Waals surface area contributed by atoms with E-state index in [9.17, 15) is 19.2 Å². The summed E-state index contributed by atoms with van der Waals surface area (Å²) in [5, 5.41) is 0. The van der Waals surface area contributed by atoms with Gasteiger partial charge in [-0.15, -0.1) is 0 Å². The zero-order chi connectivity index (χ0) is 62.5. The zero-order valence-corrected chi connectivity index (χ0v) is 52.0. The van der Waals surface area contributed by atoms with E-state index >= 15 is 4.79 Å². The van der Waals surface area contributed by atoms with Crippen LogP contribution in [0.4, 0.5) is 0 Å². The normalized spacial score (nSPS) is 19.4. The third kappa shape index (κ3) is 12.8. The van der Waals surface area contributed by atoms with Gasteiger partial charge in [0.2, 0.25) is 5.52 Å². The van der Waals surface area contributed by atoms with Crippen molar-refractivity contribution in [3.63, 3.8) is 0 Å². The molecule has 2 N–H and O–H groups in total. The standard InChI is InChI=1S/C67H71N4O15PS/c1-42-38-70(63(75)68-60(42)72)58-36-54(85-67(45-18-14-11-15-19-45,48-24-32-52(79-8)33-25-48)49-26-34-53(80-9)35-27-49)57(84-58)41-82-87(88,62(74)65(3,4)5)86-55-37-59(71-39-43(2)61(73)69-64(71)76)83-56(55)40-81-66(44-16-12-10-13-17-44,46-20-28-50(77-6)29-21-46)47-22-30-51(78-7)31-23-47/h10-35,38-39,54-59H,36-37,40-41H2,1-9H3,(H,68,72,75)(H,69,73,76)/t54-,55-,56+,57+,58+,59+,87?/m0/s1. The Labute approximate surface area is 514 Å². The van der Waals surface area contributed by atoms with Gasteiger partial charge in [0, 0.05) is 41.8 Å². The Balaban J connectivity index is 1.07. The average Bonchev–Trinajstić information content (AvgIpc) is 1.15. The summed E-state index contributed by atoms with van der Waals surface area (Å²) in [5.41, 5.74) is -2.14. The molecule has 1 unspecified atom stereocenters. The maximum atomic E-state index is 15.4. The van der Waals surface area contributed by atoms with Gasteiger partial charge in [0.05, 0.1) is 53.9 Å². The Hall–Kier alpha value is -8.04. The van der Waals surface area contributed by atoms with E-state index in [1.165, 1.54) is 21.5 Å². The minimum Gasteiger partial charge on any atom is -0.497 e. The highest BCUT2D eigenvalue weighted by Gasteiger charge is 2.51. The van der Waals surface area contributed by atoms with E-state index in [-0.39, 0.29) is 30.6 Å². The van der Waals surface area contributed by atoms with Crippen molar-refractivity contribution < 1.29 is 51.7 Å². The predicted octanol–water partition coefficient (Wildman–Crippen LogP) is 9.98. The van der Waals surface area contributed by atoms with Crippen molar-refractivity contribution in [1.82, 2.24) is 19.1 Å². The van der Waals surface area contributed by atoms with E-state index in [4.69, 9.17) is 58.7 Å². The van der Waals surface area contributed by atoms with Gasteiger partial charge in [0.25, 0.3) is 17.6 Å². The highest BCUT2D eigenvalue weighted by atomic mass is 32.5. The van der Waals surface area contributed by atoms with E-state index in [2.05, 4.69) is 9.97 Å². The number of aromatic nitrogens is 4. The lowest BCUT2D eigenvalue weighted by Gasteiger charge is -2.39. The van der Waals surface area contributed by atoms with E-state index in [1.807, 2.05) is 158 Å². The number of nitrogens with one attached hydrogen (secondary N) is 2. The van der Waals surface area contributed by atoms with Crippen LogP contribution in [0, 0.1) is 19.3 Å². The van der Waals surface area contributed by atoms with Gasteiger partial charge in [0.15, 0.2) is 0 Å². The SMILES string of the molecule is COc1ccc(C(OC[C@H]2O[C@@H](n3cc(C)c(=O)[nH]c3=O)C[C@@H]2OP(=S)(OC[C@H]2O[C@@H](n3cc(C)c(=O)[nH]c3=O)C[C@@H]2OC(c2ccccc2)(c2ccc(OC)cc2)c2ccc(OC)cc2)C(=O)C(C)(C)C)(c2ccccc2)c2ccc(OC)cc2)cc1. The monoisotopic (exact) mass is 1230 g/mol. The maximum Gasteiger partial charge on any atom is 0.330 e. The summed E-state index contributed by atoms with van der Waals surface area (Å²) in [6.07, 6.45) is -3.50. The molecule has 0 amide bonds.